The maximum Gasteiger partial charge on any atom is 0.271 e. The third-order valence-corrected chi connectivity index (χ3v) is 6.51. The Kier molecular flexibility index (Phi) is 7.23. The average molecular weight is 504 g/mol. The molecule has 1 saturated carbocycles. The zero-order valence-corrected chi connectivity index (χ0v) is 20.0. The molecule has 0 saturated heterocycles. The second-order valence-corrected chi connectivity index (χ2v) is 9.33. The molecule has 1 atom stereocenters. The highest BCUT2D eigenvalue weighted by atomic mass is 35.5. The summed E-state index contributed by atoms with van der Waals surface area (Å²) < 4.78 is 13.0. The van der Waals surface area contributed by atoms with Crippen LogP contribution in [0.3, 0.4) is 0 Å². The van der Waals surface area contributed by atoms with E-state index in [1.54, 1.807) is 19.1 Å². The van der Waals surface area contributed by atoms with E-state index in [1.807, 2.05) is 16.7 Å². The average Bonchev–Trinajstić information content (AvgIpc) is 3.59. The fourth-order valence-corrected chi connectivity index (χ4v) is 4.37. The maximum atomic E-state index is 12.9. The lowest BCUT2D eigenvalue weighted by atomic mass is 10.2. The Bertz CT molecular complexity index is 1220. The number of nitro groups is 1. The Labute approximate surface area is 204 Å². The zero-order valence-electron chi connectivity index (χ0n) is 18.4. The highest BCUT2D eigenvalue weighted by molar-refractivity contribution is 8.00. The van der Waals surface area contributed by atoms with Crippen LogP contribution in [0.4, 0.5) is 11.4 Å². The number of thioether (sulfide) groups is 1. The second kappa shape index (κ2) is 10.3. The van der Waals surface area contributed by atoms with Crippen LogP contribution in [-0.4, -0.2) is 38.0 Å². The number of non-ortho nitro benzene ring substituents is 1. The molecule has 0 aliphatic heterocycles. The fraction of sp³-hybridized carbons (Fsp3) is 0.318. The standard InChI is InChI=1S/C22H22ClN5O5S/c1-13(21(29)24-17-11-15(28(30)31)9-10-19(17)32-2)34-22-26-25-20(27(22)14-7-8-14)12-33-18-6-4-3-5-16(18)23/h3-6,9-11,13-14H,7-8,12H2,1-2H3,(H,24,29). The number of carbonyl (C=O) groups excluding carboxylic acids is 1. The summed E-state index contributed by atoms with van der Waals surface area (Å²) in [5.74, 6) is 1.19. The third kappa shape index (κ3) is 5.42. The Balaban J connectivity index is 1.46. The van der Waals surface area contributed by atoms with Gasteiger partial charge in [0.2, 0.25) is 5.91 Å². The number of carbonyl (C=O) groups is 1. The van der Waals surface area contributed by atoms with Gasteiger partial charge in [-0.05, 0) is 38.0 Å². The van der Waals surface area contributed by atoms with Gasteiger partial charge in [-0.25, -0.2) is 0 Å². The Morgan fingerprint density at radius 2 is 2.06 bits per heavy atom. The van der Waals surface area contributed by atoms with Gasteiger partial charge in [-0.3, -0.25) is 19.5 Å². The number of halogens is 1. The van der Waals surface area contributed by atoms with Gasteiger partial charge in [-0.15, -0.1) is 10.2 Å². The monoisotopic (exact) mass is 503 g/mol. The van der Waals surface area contributed by atoms with E-state index < -0.39 is 10.2 Å². The summed E-state index contributed by atoms with van der Waals surface area (Å²) in [6.45, 7) is 1.93. The van der Waals surface area contributed by atoms with Crippen molar-refractivity contribution in [1.82, 2.24) is 14.8 Å². The molecule has 2 aromatic carbocycles. The van der Waals surface area contributed by atoms with Crippen LogP contribution in [-0.2, 0) is 11.4 Å². The summed E-state index contributed by atoms with van der Waals surface area (Å²) in [6.07, 6.45) is 1.99. The number of anilines is 1. The molecular weight excluding hydrogens is 482 g/mol. The number of hydrogen-bond acceptors (Lipinski definition) is 8. The van der Waals surface area contributed by atoms with Gasteiger partial charge in [0.15, 0.2) is 11.0 Å². The lowest BCUT2D eigenvalue weighted by molar-refractivity contribution is -0.384. The van der Waals surface area contributed by atoms with Crippen LogP contribution in [0.5, 0.6) is 11.5 Å². The SMILES string of the molecule is COc1ccc([N+](=O)[O-])cc1NC(=O)C(C)Sc1nnc(COc2ccccc2Cl)n1C1CC1. The van der Waals surface area contributed by atoms with Crippen LogP contribution < -0.4 is 14.8 Å². The van der Waals surface area contributed by atoms with Crippen LogP contribution in [0.2, 0.25) is 5.02 Å². The van der Waals surface area contributed by atoms with Crippen molar-refractivity contribution >= 4 is 40.6 Å². The van der Waals surface area contributed by atoms with Crippen molar-refractivity contribution in [1.29, 1.82) is 0 Å². The van der Waals surface area contributed by atoms with Gasteiger partial charge < -0.3 is 14.8 Å². The van der Waals surface area contributed by atoms with Crippen LogP contribution in [0.25, 0.3) is 0 Å². The number of hydrogen-bond donors (Lipinski definition) is 1. The smallest absolute Gasteiger partial charge is 0.271 e. The minimum Gasteiger partial charge on any atom is -0.495 e. The number of benzene rings is 2. The highest BCUT2D eigenvalue weighted by Crippen LogP contribution is 2.40. The molecule has 0 radical (unpaired) electrons. The summed E-state index contributed by atoms with van der Waals surface area (Å²) in [7, 11) is 1.43. The first-order chi connectivity index (χ1) is 16.4. The van der Waals surface area contributed by atoms with Crippen LogP contribution in [0.15, 0.2) is 47.6 Å². The lowest BCUT2D eigenvalue weighted by Crippen LogP contribution is -2.23. The summed E-state index contributed by atoms with van der Waals surface area (Å²) in [5.41, 5.74) is 0.0830. The van der Waals surface area contributed by atoms with E-state index >= 15 is 0 Å². The van der Waals surface area contributed by atoms with Crippen molar-refractivity contribution in [3.8, 4) is 11.5 Å². The minimum absolute atomic E-state index is 0.145. The van der Waals surface area contributed by atoms with Crippen molar-refractivity contribution in [3.63, 3.8) is 0 Å². The summed E-state index contributed by atoms with van der Waals surface area (Å²) in [5, 5.41) is 22.9. The molecule has 1 aliphatic carbocycles. The predicted octanol–water partition coefficient (Wildman–Crippen LogP) is 4.88. The first kappa shape index (κ1) is 23.8. The lowest BCUT2D eigenvalue weighted by Gasteiger charge is -2.15. The van der Waals surface area contributed by atoms with Gasteiger partial charge in [-0.1, -0.05) is 35.5 Å². The van der Waals surface area contributed by atoms with E-state index in [-0.39, 0.29) is 29.9 Å². The molecule has 0 bridgehead atoms. The molecule has 3 aromatic rings. The van der Waals surface area contributed by atoms with Gasteiger partial charge in [0, 0.05) is 18.2 Å². The van der Waals surface area contributed by atoms with Crippen molar-refractivity contribution < 1.29 is 19.2 Å². The molecule has 1 aliphatic rings. The van der Waals surface area contributed by atoms with E-state index in [9.17, 15) is 14.9 Å². The summed E-state index contributed by atoms with van der Waals surface area (Å²) >= 11 is 7.42. The molecule has 10 nitrogen and oxygen atoms in total. The second-order valence-electron chi connectivity index (χ2n) is 7.61. The quantitative estimate of drug-likeness (QED) is 0.236. The number of amides is 1. The fourth-order valence-electron chi connectivity index (χ4n) is 3.24. The first-order valence-corrected chi connectivity index (χ1v) is 11.7. The Hall–Kier alpha value is -3.31. The Morgan fingerprint density at radius 1 is 1.29 bits per heavy atom. The molecule has 34 heavy (non-hydrogen) atoms. The van der Waals surface area contributed by atoms with Crippen molar-refractivity contribution in [2.24, 2.45) is 0 Å². The van der Waals surface area contributed by atoms with E-state index in [0.29, 0.717) is 27.5 Å². The van der Waals surface area contributed by atoms with E-state index in [0.717, 1.165) is 12.8 Å². The predicted molar refractivity (Wildman–Crippen MR) is 128 cm³/mol. The van der Waals surface area contributed by atoms with Gasteiger partial charge in [0.1, 0.15) is 18.1 Å². The number of ether oxygens (including phenoxy) is 2. The molecule has 178 valence electrons. The topological polar surface area (TPSA) is 121 Å². The molecule has 1 fully saturated rings. The number of aromatic nitrogens is 3. The number of nitrogens with one attached hydrogen (secondary N) is 1. The van der Waals surface area contributed by atoms with Crippen molar-refractivity contribution in [3.05, 3.63) is 63.4 Å². The largest absolute Gasteiger partial charge is 0.495 e. The molecule has 1 unspecified atom stereocenters. The van der Waals surface area contributed by atoms with Gasteiger partial charge in [0.05, 0.1) is 28.0 Å². The molecule has 1 N–H and O–H groups in total. The summed E-state index contributed by atoms with van der Waals surface area (Å²) in [4.78, 5) is 23.4. The van der Waals surface area contributed by atoms with Crippen LogP contribution >= 0.6 is 23.4 Å². The van der Waals surface area contributed by atoms with E-state index in [1.165, 1.54) is 37.1 Å². The van der Waals surface area contributed by atoms with Crippen molar-refractivity contribution in [2.75, 3.05) is 12.4 Å². The van der Waals surface area contributed by atoms with E-state index in [2.05, 4.69) is 15.5 Å². The summed E-state index contributed by atoms with van der Waals surface area (Å²) in [6, 6.07) is 11.5. The molecule has 1 aromatic heterocycles. The Morgan fingerprint density at radius 3 is 2.74 bits per heavy atom. The molecule has 0 spiro atoms. The van der Waals surface area contributed by atoms with E-state index in [4.69, 9.17) is 21.1 Å². The minimum atomic E-state index is -0.553. The number of rotatable bonds is 10. The first-order valence-electron chi connectivity index (χ1n) is 10.5. The molecule has 1 amide bonds. The molecular formula is C22H22ClN5O5S. The third-order valence-electron chi connectivity index (χ3n) is 5.14. The number of para-hydroxylation sites is 1. The van der Waals surface area contributed by atoms with Gasteiger partial charge >= 0.3 is 0 Å². The molecule has 12 heteroatoms. The van der Waals surface area contributed by atoms with Gasteiger partial charge in [0.25, 0.3) is 5.69 Å². The normalized spacial score (nSPS) is 13.9. The molecule has 4 rings (SSSR count). The maximum absolute atomic E-state index is 12.9. The molecule has 1 heterocycles. The van der Waals surface area contributed by atoms with Gasteiger partial charge in [-0.2, -0.15) is 0 Å². The van der Waals surface area contributed by atoms with Crippen molar-refractivity contribution in [2.45, 2.75) is 42.8 Å². The number of methoxy groups -OCH3 is 1. The number of nitrogens with zero attached hydrogens (tertiary/aromatic N) is 4. The van der Waals surface area contributed by atoms with Crippen LogP contribution in [0.1, 0.15) is 31.6 Å². The van der Waals surface area contributed by atoms with Crippen LogP contribution in [0, 0.1) is 10.1 Å². The number of nitro benzene ring substituents is 1. The highest BCUT2D eigenvalue weighted by Gasteiger charge is 2.31. The zero-order chi connectivity index (χ0) is 24.2.